The van der Waals surface area contributed by atoms with Crippen LogP contribution in [0.1, 0.15) is 24.6 Å². The van der Waals surface area contributed by atoms with Gasteiger partial charge in [-0.15, -0.1) is 0 Å². The van der Waals surface area contributed by atoms with Crippen LogP contribution < -0.4 is 5.32 Å². The van der Waals surface area contributed by atoms with E-state index in [9.17, 15) is 4.39 Å². The highest BCUT2D eigenvalue weighted by Gasteiger charge is 2.22. The molecule has 1 saturated heterocycles. The summed E-state index contributed by atoms with van der Waals surface area (Å²) in [6, 6.07) is 4.92. The van der Waals surface area contributed by atoms with Crippen LogP contribution in [0.15, 0.2) is 18.2 Å². The summed E-state index contributed by atoms with van der Waals surface area (Å²) in [6.45, 7) is 3.90. The first kappa shape index (κ1) is 14.5. The van der Waals surface area contributed by atoms with Crippen molar-refractivity contribution in [2.75, 3.05) is 33.7 Å². The highest BCUT2D eigenvalue weighted by Crippen LogP contribution is 2.27. The number of hydrogen-bond donors (Lipinski definition) is 1. The molecule has 5 heteroatoms. The molecule has 0 bridgehead atoms. The van der Waals surface area contributed by atoms with E-state index in [1.807, 2.05) is 6.07 Å². The molecule has 1 N–H and O–H groups in total. The number of fused-ring (bicyclic) bond motifs is 1. The number of piperidine rings is 1. The maximum Gasteiger partial charge on any atom is 0.125 e. The monoisotopic (exact) mass is 290 g/mol. The molecule has 4 nitrogen and oxygen atoms in total. The molecule has 2 heterocycles. The Morgan fingerprint density at radius 2 is 2.29 bits per heavy atom. The molecule has 0 saturated carbocycles. The number of halogens is 1. The zero-order chi connectivity index (χ0) is 14.8. The van der Waals surface area contributed by atoms with Crippen LogP contribution in [0, 0.1) is 5.82 Å². The molecule has 1 aromatic carbocycles. The number of aromatic nitrogens is 2. The molecule has 1 fully saturated rings. The minimum Gasteiger partial charge on any atom is -0.326 e. The van der Waals surface area contributed by atoms with Crippen LogP contribution in [-0.4, -0.2) is 48.2 Å². The molecule has 0 aliphatic carbocycles. The van der Waals surface area contributed by atoms with Gasteiger partial charge in [-0.25, -0.2) is 9.37 Å². The summed E-state index contributed by atoms with van der Waals surface area (Å²) in [5.74, 6) is 1.31. The van der Waals surface area contributed by atoms with E-state index >= 15 is 0 Å². The largest absolute Gasteiger partial charge is 0.326 e. The number of benzene rings is 1. The van der Waals surface area contributed by atoms with Crippen molar-refractivity contribution >= 4 is 11.0 Å². The second-order valence-corrected chi connectivity index (χ2v) is 6.10. The predicted molar refractivity (Wildman–Crippen MR) is 83.1 cm³/mol. The lowest BCUT2D eigenvalue weighted by Crippen LogP contribution is -2.30. The number of likely N-dealkylation sites (N-methyl/N-ethyl adjacent to an activating group) is 1. The standard InChI is InChI=1S/C16H23FN4/c1-20(2)8-9-21-15-6-5-13(17)10-14(15)19-16(21)12-4-3-7-18-11-12/h5-6,10,12,18H,3-4,7-9,11H2,1-2H3. The van der Waals surface area contributed by atoms with E-state index < -0.39 is 0 Å². The molecule has 1 aromatic heterocycles. The van der Waals surface area contributed by atoms with Crippen molar-refractivity contribution in [2.24, 2.45) is 0 Å². The molecule has 0 spiro atoms. The summed E-state index contributed by atoms with van der Waals surface area (Å²) in [7, 11) is 4.14. The lowest BCUT2D eigenvalue weighted by Gasteiger charge is -2.24. The maximum absolute atomic E-state index is 13.5. The Kier molecular flexibility index (Phi) is 4.22. The molecule has 3 rings (SSSR count). The van der Waals surface area contributed by atoms with Gasteiger partial charge in [-0.05, 0) is 45.6 Å². The summed E-state index contributed by atoms with van der Waals surface area (Å²) in [6.07, 6.45) is 2.33. The van der Waals surface area contributed by atoms with Gasteiger partial charge in [-0.2, -0.15) is 0 Å². The normalized spacial score (nSPS) is 19.5. The SMILES string of the molecule is CN(C)CCn1c(C2CCCNC2)nc2cc(F)ccc21. The van der Waals surface area contributed by atoms with Gasteiger partial charge in [0.2, 0.25) is 0 Å². The van der Waals surface area contributed by atoms with Crippen LogP contribution in [0.4, 0.5) is 4.39 Å². The van der Waals surface area contributed by atoms with Crippen LogP contribution >= 0.6 is 0 Å². The van der Waals surface area contributed by atoms with E-state index in [0.29, 0.717) is 5.92 Å². The van der Waals surface area contributed by atoms with Crippen LogP contribution in [0.3, 0.4) is 0 Å². The van der Waals surface area contributed by atoms with E-state index in [-0.39, 0.29) is 5.82 Å². The van der Waals surface area contributed by atoms with Gasteiger partial charge in [0, 0.05) is 31.6 Å². The van der Waals surface area contributed by atoms with Gasteiger partial charge < -0.3 is 14.8 Å². The molecular formula is C16H23FN4. The number of rotatable bonds is 4. The van der Waals surface area contributed by atoms with Gasteiger partial charge >= 0.3 is 0 Å². The van der Waals surface area contributed by atoms with Crippen LogP contribution in [0.2, 0.25) is 0 Å². The van der Waals surface area contributed by atoms with Gasteiger partial charge in [0.1, 0.15) is 11.6 Å². The fourth-order valence-corrected chi connectivity index (χ4v) is 3.04. The summed E-state index contributed by atoms with van der Waals surface area (Å²) in [5, 5.41) is 3.44. The topological polar surface area (TPSA) is 33.1 Å². The summed E-state index contributed by atoms with van der Waals surface area (Å²) in [4.78, 5) is 6.90. The van der Waals surface area contributed by atoms with Gasteiger partial charge in [-0.1, -0.05) is 0 Å². The number of hydrogen-bond acceptors (Lipinski definition) is 3. The fraction of sp³-hybridized carbons (Fsp3) is 0.562. The van der Waals surface area contributed by atoms with Crippen molar-refractivity contribution in [3.63, 3.8) is 0 Å². The third kappa shape index (κ3) is 3.09. The van der Waals surface area contributed by atoms with E-state index in [1.54, 1.807) is 6.07 Å². The molecule has 1 aliphatic rings. The quantitative estimate of drug-likeness (QED) is 0.937. The molecule has 1 unspecified atom stereocenters. The lowest BCUT2D eigenvalue weighted by molar-refractivity contribution is 0.373. The van der Waals surface area contributed by atoms with E-state index in [0.717, 1.165) is 49.5 Å². The predicted octanol–water partition coefficient (Wildman–Crippen LogP) is 2.20. The Hall–Kier alpha value is -1.46. The van der Waals surface area contributed by atoms with E-state index in [4.69, 9.17) is 4.98 Å². The van der Waals surface area contributed by atoms with Gasteiger partial charge in [0.15, 0.2) is 0 Å². The zero-order valence-electron chi connectivity index (χ0n) is 12.8. The summed E-state index contributed by atoms with van der Waals surface area (Å²) >= 11 is 0. The van der Waals surface area contributed by atoms with Gasteiger partial charge in [-0.3, -0.25) is 0 Å². The third-order valence-corrected chi connectivity index (χ3v) is 4.17. The van der Waals surface area contributed by atoms with Crippen LogP contribution in [-0.2, 0) is 6.54 Å². The molecular weight excluding hydrogens is 267 g/mol. The molecule has 0 radical (unpaired) electrons. The first-order valence-electron chi connectivity index (χ1n) is 7.66. The second-order valence-electron chi connectivity index (χ2n) is 6.10. The highest BCUT2D eigenvalue weighted by atomic mass is 19.1. The van der Waals surface area contributed by atoms with Crippen molar-refractivity contribution in [1.29, 1.82) is 0 Å². The smallest absolute Gasteiger partial charge is 0.125 e. The number of imidazole rings is 1. The minimum absolute atomic E-state index is 0.215. The molecule has 2 aromatic rings. The van der Waals surface area contributed by atoms with Crippen molar-refractivity contribution in [2.45, 2.75) is 25.3 Å². The first-order valence-corrected chi connectivity index (χ1v) is 7.66. The average molecular weight is 290 g/mol. The van der Waals surface area contributed by atoms with Gasteiger partial charge in [0.25, 0.3) is 0 Å². The minimum atomic E-state index is -0.215. The highest BCUT2D eigenvalue weighted by molar-refractivity contribution is 5.76. The Balaban J connectivity index is 2.00. The van der Waals surface area contributed by atoms with Crippen LogP contribution in [0.5, 0.6) is 0 Å². The number of nitrogens with one attached hydrogen (secondary N) is 1. The summed E-state index contributed by atoms with van der Waals surface area (Å²) in [5.41, 5.74) is 1.81. The Morgan fingerprint density at radius 1 is 1.43 bits per heavy atom. The molecule has 21 heavy (non-hydrogen) atoms. The van der Waals surface area contributed by atoms with Crippen molar-refractivity contribution < 1.29 is 4.39 Å². The second kappa shape index (κ2) is 6.12. The first-order chi connectivity index (χ1) is 10.1. The van der Waals surface area contributed by atoms with E-state index in [2.05, 4.69) is 28.9 Å². The van der Waals surface area contributed by atoms with Crippen LogP contribution in [0.25, 0.3) is 11.0 Å². The Bertz CT molecular complexity index is 614. The van der Waals surface area contributed by atoms with Crippen molar-refractivity contribution in [1.82, 2.24) is 19.8 Å². The average Bonchev–Trinajstić information content (AvgIpc) is 2.83. The number of nitrogens with zero attached hydrogens (tertiary/aromatic N) is 3. The molecule has 1 atom stereocenters. The van der Waals surface area contributed by atoms with Crippen molar-refractivity contribution in [3.05, 3.63) is 29.8 Å². The Morgan fingerprint density at radius 3 is 3.00 bits per heavy atom. The van der Waals surface area contributed by atoms with Crippen molar-refractivity contribution in [3.8, 4) is 0 Å². The fourth-order valence-electron chi connectivity index (χ4n) is 3.04. The summed E-state index contributed by atoms with van der Waals surface area (Å²) < 4.78 is 15.7. The van der Waals surface area contributed by atoms with E-state index in [1.165, 1.54) is 12.5 Å². The third-order valence-electron chi connectivity index (χ3n) is 4.17. The molecule has 0 amide bonds. The lowest BCUT2D eigenvalue weighted by atomic mass is 9.99. The zero-order valence-corrected chi connectivity index (χ0v) is 12.8. The molecule has 114 valence electrons. The maximum atomic E-state index is 13.5. The molecule has 1 aliphatic heterocycles. The Labute approximate surface area is 125 Å². The van der Waals surface area contributed by atoms with Gasteiger partial charge in [0.05, 0.1) is 11.0 Å².